The number of benzene rings is 1. The number of carbonyl (C=O) groups is 1. The van der Waals surface area contributed by atoms with Crippen molar-refractivity contribution in [2.24, 2.45) is 11.7 Å². The highest BCUT2D eigenvalue weighted by molar-refractivity contribution is 5.85. The van der Waals surface area contributed by atoms with Crippen LogP contribution in [0.1, 0.15) is 30.9 Å². The largest absolute Gasteiger partial charge is 0.383 e. The summed E-state index contributed by atoms with van der Waals surface area (Å²) >= 11 is 0. The van der Waals surface area contributed by atoms with Gasteiger partial charge in [0.2, 0.25) is 5.91 Å². The Balaban J connectivity index is 0.00000220. The normalized spacial score (nSPS) is 17.3. The maximum absolute atomic E-state index is 13.0. The Labute approximate surface area is 130 Å². The molecule has 21 heavy (non-hydrogen) atoms. The topological polar surface area (TPSA) is 64.3 Å². The van der Waals surface area contributed by atoms with Gasteiger partial charge in [-0.15, -0.1) is 12.4 Å². The van der Waals surface area contributed by atoms with Crippen LogP contribution in [0.25, 0.3) is 0 Å². The van der Waals surface area contributed by atoms with E-state index in [4.69, 9.17) is 10.5 Å². The van der Waals surface area contributed by atoms with E-state index >= 15 is 0 Å². The second-order valence-electron chi connectivity index (χ2n) is 5.29. The molecule has 1 aromatic rings. The molecule has 0 radical (unpaired) electrons. The standard InChI is InChI=1S/C15H21FN2O2.ClH/c1-20-9-13(17)15(19)18-14(10-3-2-4-10)11-5-7-12(16)8-6-11;/h5-8,10,13-14H,2-4,9,17H2,1H3,(H,18,19);1H. The molecule has 1 fully saturated rings. The molecule has 2 unspecified atom stereocenters. The number of methoxy groups -OCH3 is 1. The minimum Gasteiger partial charge on any atom is -0.383 e. The van der Waals surface area contributed by atoms with E-state index in [1.54, 1.807) is 12.1 Å². The summed E-state index contributed by atoms with van der Waals surface area (Å²) in [5.74, 6) is -0.101. The average molecular weight is 317 g/mol. The van der Waals surface area contributed by atoms with Crippen molar-refractivity contribution >= 4 is 18.3 Å². The highest BCUT2D eigenvalue weighted by Crippen LogP contribution is 2.37. The molecule has 0 aliphatic heterocycles. The van der Waals surface area contributed by atoms with Crippen molar-refractivity contribution in [3.05, 3.63) is 35.6 Å². The molecule has 1 saturated carbocycles. The highest BCUT2D eigenvalue weighted by atomic mass is 35.5. The fraction of sp³-hybridized carbons (Fsp3) is 0.533. The first kappa shape index (κ1) is 17.9. The Morgan fingerprint density at radius 1 is 1.43 bits per heavy atom. The van der Waals surface area contributed by atoms with Gasteiger partial charge in [-0.1, -0.05) is 18.6 Å². The van der Waals surface area contributed by atoms with Crippen LogP contribution in [-0.2, 0) is 9.53 Å². The summed E-state index contributed by atoms with van der Waals surface area (Å²) in [6, 6.07) is 5.51. The van der Waals surface area contributed by atoms with Crippen LogP contribution in [0.3, 0.4) is 0 Å². The molecule has 0 bridgehead atoms. The fourth-order valence-corrected chi connectivity index (χ4v) is 2.43. The van der Waals surface area contributed by atoms with Crippen LogP contribution in [0.4, 0.5) is 4.39 Å². The predicted molar refractivity (Wildman–Crippen MR) is 81.7 cm³/mol. The van der Waals surface area contributed by atoms with E-state index in [2.05, 4.69) is 5.32 Å². The molecular formula is C15H22ClFN2O2. The lowest BCUT2D eigenvalue weighted by molar-refractivity contribution is -0.124. The number of rotatable bonds is 6. The minimum atomic E-state index is -0.678. The lowest BCUT2D eigenvalue weighted by atomic mass is 9.77. The highest BCUT2D eigenvalue weighted by Gasteiger charge is 2.30. The molecule has 6 heteroatoms. The first-order chi connectivity index (χ1) is 9.61. The molecule has 0 spiro atoms. The molecular weight excluding hydrogens is 295 g/mol. The number of halogens is 2. The molecule has 1 amide bonds. The molecule has 0 saturated heterocycles. The summed E-state index contributed by atoms with van der Waals surface area (Å²) in [5.41, 5.74) is 6.67. The lowest BCUT2D eigenvalue weighted by Crippen LogP contribution is -2.47. The fourth-order valence-electron chi connectivity index (χ4n) is 2.43. The Hall–Kier alpha value is -1.17. The van der Waals surface area contributed by atoms with Gasteiger partial charge in [0.25, 0.3) is 0 Å². The van der Waals surface area contributed by atoms with Crippen LogP contribution in [0, 0.1) is 11.7 Å². The number of amides is 1. The Morgan fingerprint density at radius 3 is 2.52 bits per heavy atom. The van der Waals surface area contributed by atoms with Crippen LogP contribution in [0.5, 0.6) is 0 Å². The monoisotopic (exact) mass is 316 g/mol. The van der Waals surface area contributed by atoms with Crippen LogP contribution < -0.4 is 11.1 Å². The number of hydrogen-bond donors (Lipinski definition) is 2. The molecule has 1 aromatic carbocycles. The van der Waals surface area contributed by atoms with Gasteiger partial charge < -0.3 is 15.8 Å². The van der Waals surface area contributed by atoms with Gasteiger partial charge in [0, 0.05) is 7.11 Å². The maximum Gasteiger partial charge on any atom is 0.239 e. The number of nitrogens with one attached hydrogen (secondary N) is 1. The quantitative estimate of drug-likeness (QED) is 0.845. The third-order valence-corrected chi connectivity index (χ3v) is 3.83. The van der Waals surface area contributed by atoms with E-state index in [0.29, 0.717) is 5.92 Å². The Morgan fingerprint density at radius 2 is 2.05 bits per heavy atom. The van der Waals surface area contributed by atoms with Gasteiger partial charge in [-0.05, 0) is 36.5 Å². The van der Waals surface area contributed by atoms with Gasteiger partial charge in [-0.25, -0.2) is 4.39 Å². The van der Waals surface area contributed by atoms with Crippen LogP contribution in [0.2, 0.25) is 0 Å². The van der Waals surface area contributed by atoms with Gasteiger partial charge >= 0.3 is 0 Å². The van der Waals surface area contributed by atoms with Crippen molar-refractivity contribution in [1.82, 2.24) is 5.32 Å². The van der Waals surface area contributed by atoms with E-state index < -0.39 is 6.04 Å². The van der Waals surface area contributed by atoms with Crippen molar-refractivity contribution in [3.63, 3.8) is 0 Å². The van der Waals surface area contributed by atoms with Gasteiger partial charge in [0.1, 0.15) is 11.9 Å². The molecule has 0 aromatic heterocycles. The number of carbonyl (C=O) groups excluding carboxylic acids is 1. The summed E-state index contributed by atoms with van der Waals surface area (Å²) in [6.07, 6.45) is 3.31. The van der Waals surface area contributed by atoms with Crippen LogP contribution in [-0.4, -0.2) is 25.7 Å². The van der Waals surface area contributed by atoms with Gasteiger partial charge in [0.05, 0.1) is 12.6 Å². The van der Waals surface area contributed by atoms with E-state index in [0.717, 1.165) is 18.4 Å². The zero-order valence-electron chi connectivity index (χ0n) is 12.0. The van der Waals surface area contributed by atoms with Crippen molar-refractivity contribution in [1.29, 1.82) is 0 Å². The zero-order chi connectivity index (χ0) is 14.5. The Kier molecular flexibility index (Phi) is 7.08. The van der Waals surface area contributed by atoms with Crippen molar-refractivity contribution in [3.8, 4) is 0 Å². The molecule has 0 heterocycles. The summed E-state index contributed by atoms with van der Waals surface area (Å²) in [4.78, 5) is 12.0. The first-order valence-electron chi connectivity index (χ1n) is 6.92. The average Bonchev–Trinajstić information content (AvgIpc) is 2.37. The zero-order valence-corrected chi connectivity index (χ0v) is 12.9. The van der Waals surface area contributed by atoms with Crippen molar-refractivity contribution in [2.45, 2.75) is 31.3 Å². The number of hydrogen-bond acceptors (Lipinski definition) is 3. The third-order valence-electron chi connectivity index (χ3n) is 3.83. The molecule has 4 nitrogen and oxygen atoms in total. The second kappa shape index (κ2) is 8.32. The Bertz CT molecular complexity index is 451. The van der Waals surface area contributed by atoms with Crippen LogP contribution in [0.15, 0.2) is 24.3 Å². The first-order valence-corrected chi connectivity index (χ1v) is 6.92. The maximum atomic E-state index is 13.0. The lowest BCUT2D eigenvalue weighted by Gasteiger charge is -2.35. The van der Waals surface area contributed by atoms with Gasteiger partial charge in [0.15, 0.2) is 0 Å². The summed E-state index contributed by atoms with van der Waals surface area (Å²) in [7, 11) is 1.51. The molecule has 2 atom stereocenters. The van der Waals surface area contributed by atoms with Crippen molar-refractivity contribution < 1.29 is 13.9 Å². The summed E-state index contributed by atoms with van der Waals surface area (Å²) in [5, 5.41) is 2.97. The van der Waals surface area contributed by atoms with E-state index in [-0.39, 0.29) is 36.8 Å². The molecule has 1 aliphatic rings. The van der Waals surface area contributed by atoms with E-state index in [9.17, 15) is 9.18 Å². The molecule has 1 aliphatic carbocycles. The van der Waals surface area contributed by atoms with Crippen molar-refractivity contribution in [2.75, 3.05) is 13.7 Å². The second-order valence-corrected chi connectivity index (χ2v) is 5.29. The van der Waals surface area contributed by atoms with E-state index in [1.807, 2.05) is 0 Å². The molecule has 3 N–H and O–H groups in total. The smallest absolute Gasteiger partial charge is 0.239 e. The van der Waals surface area contributed by atoms with Gasteiger partial charge in [-0.2, -0.15) is 0 Å². The predicted octanol–water partition coefficient (Wildman–Crippen LogP) is 2.18. The minimum absolute atomic E-state index is 0. The molecule has 2 rings (SSSR count). The summed E-state index contributed by atoms with van der Waals surface area (Å²) in [6.45, 7) is 0.187. The van der Waals surface area contributed by atoms with Gasteiger partial charge in [-0.3, -0.25) is 4.79 Å². The summed E-state index contributed by atoms with van der Waals surface area (Å²) < 4.78 is 17.9. The number of ether oxygens (including phenoxy) is 1. The third kappa shape index (κ3) is 4.66. The van der Waals surface area contributed by atoms with E-state index in [1.165, 1.54) is 25.7 Å². The molecule has 118 valence electrons. The SMILES string of the molecule is COCC(N)C(=O)NC(c1ccc(F)cc1)C1CCC1.Cl. The number of nitrogens with two attached hydrogens (primary N) is 1. The van der Waals surface area contributed by atoms with Crippen LogP contribution >= 0.6 is 12.4 Å².